The van der Waals surface area contributed by atoms with Crippen molar-refractivity contribution in [2.45, 2.75) is 4.90 Å². The third-order valence-corrected chi connectivity index (χ3v) is 5.71. The molecule has 29 heavy (non-hydrogen) atoms. The molecule has 0 aliphatic carbocycles. The Morgan fingerprint density at radius 3 is 2.00 bits per heavy atom. The summed E-state index contributed by atoms with van der Waals surface area (Å²) in [5.41, 5.74) is 2.34. The molecule has 0 saturated carbocycles. The number of halogens is 1. The van der Waals surface area contributed by atoms with Gasteiger partial charge in [-0.2, -0.15) is 0 Å². The molecule has 0 aliphatic rings. The summed E-state index contributed by atoms with van der Waals surface area (Å²) in [6.07, 6.45) is 0. The normalized spacial score (nSPS) is 11.3. The van der Waals surface area contributed by atoms with Crippen LogP contribution in [0.4, 0.5) is 17.3 Å². The fourth-order valence-corrected chi connectivity index (χ4v) is 3.80. The minimum Gasteiger partial charge on any atom is -0.337 e. The average molecular weight is 421 g/mol. The number of para-hydroxylation sites is 2. The van der Waals surface area contributed by atoms with Crippen LogP contribution in [0.25, 0.3) is 11.0 Å². The lowest BCUT2D eigenvalue weighted by atomic mass is 9.97. The number of aromatic nitrogens is 2. The first-order chi connectivity index (χ1) is 13.9. The Hall–Kier alpha value is -3.10. The van der Waals surface area contributed by atoms with Gasteiger partial charge in [0.15, 0.2) is 11.6 Å². The molecule has 2 N–H and O–H groups in total. The van der Waals surface area contributed by atoms with Crippen LogP contribution in [-0.4, -0.2) is 26.2 Å². The highest BCUT2D eigenvalue weighted by Crippen LogP contribution is 2.27. The van der Waals surface area contributed by atoms with E-state index in [1.165, 1.54) is 24.3 Å². The summed E-state index contributed by atoms with van der Waals surface area (Å²) < 4.78 is 28.2. The monoisotopic (exact) mass is 420 g/mol. The largest absolute Gasteiger partial charge is 0.337 e. The summed E-state index contributed by atoms with van der Waals surface area (Å²) in [6, 6.07) is 20.1. The minimum absolute atomic E-state index is 0.0686. The van der Waals surface area contributed by atoms with E-state index in [9.17, 15) is 8.42 Å². The van der Waals surface area contributed by atoms with Crippen molar-refractivity contribution in [3.8, 4) is 0 Å². The highest BCUT2D eigenvalue weighted by molar-refractivity contribution is 7.92. The molecule has 0 aliphatic heterocycles. The van der Waals surface area contributed by atoms with Crippen molar-refractivity contribution < 1.29 is 8.42 Å². The maximum atomic E-state index is 12.8. The number of nitrogens with zero attached hydrogens (tertiary/aromatic N) is 2. The van der Waals surface area contributed by atoms with Crippen LogP contribution in [0.1, 0.15) is 0 Å². The Kier molecular flexibility index (Phi) is 5.13. The van der Waals surface area contributed by atoms with E-state index < -0.39 is 10.0 Å². The molecule has 4 rings (SSSR count). The number of rotatable bonds is 5. The van der Waals surface area contributed by atoms with Crippen molar-refractivity contribution >= 4 is 63.3 Å². The molecule has 2 radical (unpaired) electrons. The van der Waals surface area contributed by atoms with E-state index in [2.05, 4.69) is 20.0 Å². The molecule has 4 aromatic rings. The number of benzene rings is 3. The van der Waals surface area contributed by atoms with Crippen LogP contribution in [0.3, 0.4) is 0 Å². The van der Waals surface area contributed by atoms with E-state index in [-0.39, 0.29) is 16.5 Å². The Morgan fingerprint density at radius 1 is 0.793 bits per heavy atom. The molecule has 1 heterocycles. The van der Waals surface area contributed by atoms with E-state index >= 15 is 0 Å². The van der Waals surface area contributed by atoms with Crippen molar-refractivity contribution in [1.82, 2.24) is 9.97 Å². The van der Waals surface area contributed by atoms with Gasteiger partial charge in [-0.3, -0.25) is 4.72 Å². The lowest BCUT2D eigenvalue weighted by Crippen LogP contribution is -2.16. The maximum Gasteiger partial charge on any atom is 0.263 e. The molecule has 0 atom stereocenters. The summed E-state index contributed by atoms with van der Waals surface area (Å²) in [4.78, 5) is 9.05. The third-order valence-electron chi connectivity index (χ3n) is 4.10. The zero-order valence-electron chi connectivity index (χ0n) is 15.0. The van der Waals surface area contributed by atoms with Gasteiger partial charge in [-0.1, -0.05) is 41.3 Å². The van der Waals surface area contributed by atoms with Crippen molar-refractivity contribution in [3.63, 3.8) is 0 Å². The SMILES string of the molecule is [B]c1ccc(S(=O)(=O)Nc2nc3ccccc3nc2Nc2ccc(Cl)cc2)cc1. The molecular formula is C20H14BClN4O2S. The highest BCUT2D eigenvalue weighted by Gasteiger charge is 2.19. The number of fused-ring (bicyclic) bond motifs is 1. The van der Waals surface area contributed by atoms with Crippen LogP contribution < -0.4 is 15.5 Å². The van der Waals surface area contributed by atoms with Gasteiger partial charge in [0.1, 0.15) is 7.85 Å². The lowest BCUT2D eigenvalue weighted by molar-refractivity contribution is 0.601. The first-order valence-corrected chi connectivity index (χ1v) is 10.4. The van der Waals surface area contributed by atoms with Crippen LogP contribution in [0.2, 0.25) is 5.02 Å². The van der Waals surface area contributed by atoms with E-state index in [0.29, 0.717) is 27.2 Å². The molecule has 0 bridgehead atoms. The minimum atomic E-state index is -3.89. The Labute approximate surface area is 174 Å². The molecule has 3 aromatic carbocycles. The summed E-state index contributed by atoms with van der Waals surface area (Å²) in [5, 5.41) is 3.68. The topological polar surface area (TPSA) is 84.0 Å². The highest BCUT2D eigenvalue weighted by atomic mass is 35.5. The maximum absolute atomic E-state index is 12.8. The lowest BCUT2D eigenvalue weighted by Gasteiger charge is -2.14. The first kappa shape index (κ1) is 19.2. The summed E-state index contributed by atoms with van der Waals surface area (Å²) in [6.45, 7) is 0. The van der Waals surface area contributed by atoms with Gasteiger partial charge in [0.2, 0.25) is 0 Å². The number of sulfonamides is 1. The number of hydrogen-bond donors (Lipinski definition) is 2. The van der Waals surface area contributed by atoms with Gasteiger partial charge in [0.25, 0.3) is 10.0 Å². The molecule has 9 heteroatoms. The van der Waals surface area contributed by atoms with Gasteiger partial charge >= 0.3 is 0 Å². The van der Waals surface area contributed by atoms with Crippen LogP contribution in [-0.2, 0) is 10.0 Å². The average Bonchev–Trinajstić information content (AvgIpc) is 2.70. The van der Waals surface area contributed by atoms with E-state index in [4.69, 9.17) is 19.4 Å². The molecule has 0 saturated heterocycles. The van der Waals surface area contributed by atoms with E-state index in [0.717, 1.165) is 0 Å². The molecule has 0 spiro atoms. The van der Waals surface area contributed by atoms with Gasteiger partial charge in [0.05, 0.1) is 15.9 Å². The second kappa shape index (κ2) is 7.73. The Bertz CT molecular complexity index is 1280. The van der Waals surface area contributed by atoms with Crippen LogP contribution in [0.15, 0.2) is 77.7 Å². The number of nitrogens with one attached hydrogen (secondary N) is 2. The second-order valence-corrected chi connectivity index (χ2v) is 8.33. The first-order valence-electron chi connectivity index (χ1n) is 8.58. The summed E-state index contributed by atoms with van der Waals surface area (Å²) in [5.74, 6) is 0.348. The molecule has 0 unspecified atom stereocenters. The smallest absolute Gasteiger partial charge is 0.263 e. The number of anilines is 3. The fraction of sp³-hybridized carbons (Fsp3) is 0. The Morgan fingerprint density at radius 2 is 1.38 bits per heavy atom. The van der Waals surface area contributed by atoms with E-state index in [1.54, 1.807) is 36.4 Å². The van der Waals surface area contributed by atoms with Gasteiger partial charge < -0.3 is 5.32 Å². The van der Waals surface area contributed by atoms with E-state index in [1.807, 2.05) is 12.1 Å². The second-order valence-electron chi connectivity index (χ2n) is 6.22. The van der Waals surface area contributed by atoms with Crippen LogP contribution >= 0.6 is 11.6 Å². The quantitative estimate of drug-likeness (QED) is 0.482. The predicted molar refractivity (Wildman–Crippen MR) is 117 cm³/mol. The van der Waals surface area contributed by atoms with Gasteiger partial charge in [-0.25, -0.2) is 18.4 Å². The zero-order valence-corrected chi connectivity index (χ0v) is 16.6. The molecular weight excluding hydrogens is 407 g/mol. The molecule has 0 fully saturated rings. The zero-order chi connectivity index (χ0) is 20.4. The van der Waals surface area contributed by atoms with Crippen molar-refractivity contribution in [3.05, 3.63) is 77.8 Å². The van der Waals surface area contributed by atoms with Crippen molar-refractivity contribution in [2.75, 3.05) is 10.0 Å². The molecule has 6 nitrogen and oxygen atoms in total. The van der Waals surface area contributed by atoms with Crippen molar-refractivity contribution in [1.29, 1.82) is 0 Å². The van der Waals surface area contributed by atoms with Gasteiger partial charge in [-0.05, 0) is 48.5 Å². The summed E-state index contributed by atoms with van der Waals surface area (Å²) >= 11 is 5.93. The third kappa shape index (κ3) is 4.33. The standard InChI is InChI=1S/C20H14BClN4O2S/c21-13-5-11-16(12-6-13)29(27,28)26-20-19(23-15-9-7-14(22)8-10-15)24-17-3-1-2-4-18(17)25-20/h1-12H,(H,23,24)(H,25,26). The molecule has 142 valence electrons. The fourth-order valence-electron chi connectivity index (χ4n) is 2.66. The molecule has 1 aromatic heterocycles. The molecule has 0 amide bonds. The summed E-state index contributed by atoms with van der Waals surface area (Å²) in [7, 11) is 1.76. The predicted octanol–water partition coefficient (Wildman–Crippen LogP) is 3.62. The van der Waals surface area contributed by atoms with Gasteiger partial charge in [0, 0.05) is 10.7 Å². The number of hydrogen-bond acceptors (Lipinski definition) is 5. The van der Waals surface area contributed by atoms with Crippen LogP contribution in [0, 0.1) is 0 Å². The Balaban J connectivity index is 1.77. The van der Waals surface area contributed by atoms with Gasteiger partial charge in [-0.15, -0.1) is 0 Å². The van der Waals surface area contributed by atoms with Crippen molar-refractivity contribution in [2.24, 2.45) is 0 Å². The van der Waals surface area contributed by atoms with Crippen LogP contribution in [0.5, 0.6) is 0 Å².